The molecule has 0 atom stereocenters. The average Bonchev–Trinajstić information content (AvgIpc) is 2.66. The molecule has 150 valence electrons. The van der Waals surface area contributed by atoms with Crippen molar-refractivity contribution in [2.45, 2.75) is 33.2 Å². The predicted octanol–water partition coefficient (Wildman–Crippen LogP) is 4.30. The second kappa shape index (κ2) is 7.50. The van der Waals surface area contributed by atoms with Crippen molar-refractivity contribution in [3.8, 4) is 0 Å². The van der Waals surface area contributed by atoms with Crippen molar-refractivity contribution in [1.29, 1.82) is 0 Å². The van der Waals surface area contributed by atoms with E-state index in [1.807, 2.05) is 6.92 Å². The number of rotatable bonds is 4. The molecule has 1 amide bonds. The largest absolute Gasteiger partial charge is 0.365 e. The summed E-state index contributed by atoms with van der Waals surface area (Å²) in [6.07, 6.45) is 3.86. The number of nitro benzene ring substituents is 1. The summed E-state index contributed by atoms with van der Waals surface area (Å²) < 4.78 is 0. The molecule has 0 bridgehead atoms. The van der Waals surface area contributed by atoms with Gasteiger partial charge in [0.05, 0.1) is 16.7 Å². The second-order valence-electron chi connectivity index (χ2n) is 7.77. The predicted molar refractivity (Wildman–Crippen MR) is 115 cm³/mol. The molecular formula is C22H24N4O3. The monoisotopic (exact) mass is 392 g/mol. The maximum Gasteiger partial charge on any atom is 0.271 e. The number of carbonyl (C=O) groups excluding carboxylic acids is 1. The number of anilines is 1. The van der Waals surface area contributed by atoms with Crippen LogP contribution in [0.5, 0.6) is 0 Å². The van der Waals surface area contributed by atoms with Crippen molar-refractivity contribution < 1.29 is 9.72 Å². The van der Waals surface area contributed by atoms with Crippen LogP contribution >= 0.6 is 0 Å². The van der Waals surface area contributed by atoms with Gasteiger partial charge in [-0.3, -0.25) is 14.9 Å². The third-order valence-corrected chi connectivity index (χ3v) is 5.31. The first kappa shape index (κ1) is 20.3. The standard InChI is InChI=1S/C22H24N4O3/c1-14-10-20-19(15(2)12-22(3,4)25(20)5)11-17(14)13-23-24-21(27)16-6-8-18(9-7-16)26(28)29/h6-13H,1-5H3,(H,24,27)/b23-13-. The van der Waals surface area contributed by atoms with Gasteiger partial charge in [-0.15, -0.1) is 0 Å². The fourth-order valence-electron chi connectivity index (χ4n) is 3.42. The number of nitrogens with zero attached hydrogens (tertiary/aromatic N) is 3. The molecule has 0 saturated heterocycles. The third kappa shape index (κ3) is 4.03. The van der Waals surface area contributed by atoms with Gasteiger partial charge in [0.2, 0.25) is 0 Å². The number of hydrogen-bond donors (Lipinski definition) is 1. The molecule has 0 radical (unpaired) electrons. The molecule has 29 heavy (non-hydrogen) atoms. The summed E-state index contributed by atoms with van der Waals surface area (Å²) in [6.45, 7) is 8.46. The van der Waals surface area contributed by atoms with Crippen LogP contribution in [-0.4, -0.2) is 29.6 Å². The maximum absolute atomic E-state index is 12.2. The van der Waals surface area contributed by atoms with E-state index in [1.165, 1.54) is 35.5 Å². The number of nitrogens with one attached hydrogen (secondary N) is 1. The smallest absolute Gasteiger partial charge is 0.271 e. The van der Waals surface area contributed by atoms with E-state index in [9.17, 15) is 14.9 Å². The summed E-state index contributed by atoms with van der Waals surface area (Å²) in [5, 5.41) is 14.8. The number of hydrazone groups is 1. The van der Waals surface area contributed by atoms with Crippen LogP contribution in [-0.2, 0) is 0 Å². The molecule has 0 aromatic heterocycles. The Morgan fingerprint density at radius 1 is 1.21 bits per heavy atom. The van der Waals surface area contributed by atoms with Crippen molar-refractivity contribution in [2.24, 2.45) is 5.10 Å². The zero-order valence-electron chi connectivity index (χ0n) is 17.2. The fourth-order valence-corrected chi connectivity index (χ4v) is 3.42. The molecule has 1 aliphatic rings. The van der Waals surface area contributed by atoms with Crippen LogP contribution in [0.4, 0.5) is 11.4 Å². The molecule has 2 aromatic carbocycles. The molecule has 1 aliphatic heterocycles. The van der Waals surface area contributed by atoms with Crippen LogP contribution in [0, 0.1) is 17.0 Å². The van der Waals surface area contributed by atoms with E-state index in [4.69, 9.17) is 0 Å². The molecular weight excluding hydrogens is 368 g/mol. The zero-order chi connectivity index (χ0) is 21.3. The van der Waals surface area contributed by atoms with Crippen molar-refractivity contribution in [3.63, 3.8) is 0 Å². The summed E-state index contributed by atoms with van der Waals surface area (Å²) >= 11 is 0. The van der Waals surface area contributed by atoms with Crippen molar-refractivity contribution in [3.05, 3.63) is 74.8 Å². The molecule has 7 heteroatoms. The van der Waals surface area contributed by atoms with E-state index >= 15 is 0 Å². The van der Waals surface area contributed by atoms with Crippen molar-refractivity contribution >= 4 is 29.1 Å². The zero-order valence-corrected chi connectivity index (χ0v) is 17.2. The highest BCUT2D eigenvalue weighted by Gasteiger charge is 2.28. The molecule has 0 aliphatic carbocycles. The lowest BCUT2D eigenvalue weighted by molar-refractivity contribution is -0.384. The number of aryl methyl sites for hydroxylation is 1. The lowest BCUT2D eigenvalue weighted by atomic mass is 9.87. The quantitative estimate of drug-likeness (QED) is 0.477. The van der Waals surface area contributed by atoms with Crippen molar-refractivity contribution in [1.82, 2.24) is 5.43 Å². The SMILES string of the molecule is CC1=CC(C)(C)N(C)c2cc(C)c(/C=N\NC(=O)c3ccc([N+](=O)[O-])cc3)cc21. The Morgan fingerprint density at radius 3 is 2.48 bits per heavy atom. The van der Waals surface area contributed by atoms with Gasteiger partial charge in [0.15, 0.2) is 0 Å². The lowest BCUT2D eigenvalue weighted by Gasteiger charge is -2.41. The topological polar surface area (TPSA) is 87.8 Å². The van der Waals surface area contributed by atoms with E-state index < -0.39 is 10.8 Å². The highest BCUT2D eigenvalue weighted by Crippen LogP contribution is 2.38. The number of amides is 1. The van der Waals surface area contributed by atoms with Crippen LogP contribution in [0.3, 0.4) is 0 Å². The molecule has 0 unspecified atom stereocenters. The minimum absolute atomic E-state index is 0.0577. The van der Waals surface area contributed by atoms with Crippen LogP contribution in [0.1, 0.15) is 47.8 Å². The van der Waals surface area contributed by atoms with Crippen LogP contribution in [0.25, 0.3) is 5.57 Å². The van der Waals surface area contributed by atoms with Gasteiger partial charge in [-0.1, -0.05) is 6.08 Å². The Hall–Kier alpha value is -3.48. The van der Waals surface area contributed by atoms with Gasteiger partial charge >= 0.3 is 0 Å². The van der Waals surface area contributed by atoms with Gasteiger partial charge < -0.3 is 4.90 Å². The van der Waals surface area contributed by atoms with Gasteiger partial charge in [0.25, 0.3) is 11.6 Å². The summed E-state index contributed by atoms with van der Waals surface area (Å²) in [6, 6.07) is 9.59. The molecule has 0 saturated carbocycles. The third-order valence-electron chi connectivity index (χ3n) is 5.31. The summed E-state index contributed by atoms with van der Waals surface area (Å²) in [4.78, 5) is 24.6. The van der Waals surface area contributed by atoms with Crippen LogP contribution in [0.2, 0.25) is 0 Å². The van der Waals surface area contributed by atoms with E-state index in [2.05, 4.69) is 61.5 Å². The Morgan fingerprint density at radius 2 is 1.86 bits per heavy atom. The van der Waals surface area contributed by atoms with E-state index in [0.29, 0.717) is 5.56 Å². The summed E-state index contributed by atoms with van der Waals surface area (Å²) in [7, 11) is 2.08. The Bertz CT molecular complexity index is 1040. The normalized spacial score (nSPS) is 15.1. The Kier molecular flexibility index (Phi) is 5.24. The Labute approximate surface area is 169 Å². The Balaban J connectivity index is 1.79. The van der Waals surface area contributed by atoms with Crippen LogP contribution in [0.15, 0.2) is 47.6 Å². The molecule has 0 fully saturated rings. The lowest BCUT2D eigenvalue weighted by Crippen LogP contribution is -2.42. The first-order valence-corrected chi connectivity index (χ1v) is 9.26. The number of allylic oxidation sites excluding steroid dienone is 1. The van der Waals surface area contributed by atoms with Crippen molar-refractivity contribution in [2.75, 3.05) is 11.9 Å². The number of nitro groups is 1. The minimum Gasteiger partial charge on any atom is -0.365 e. The number of fused-ring (bicyclic) bond motifs is 1. The highest BCUT2D eigenvalue weighted by atomic mass is 16.6. The van der Waals surface area contributed by atoms with Gasteiger partial charge in [-0.25, -0.2) is 5.43 Å². The van der Waals surface area contributed by atoms with E-state index in [0.717, 1.165) is 16.7 Å². The number of benzene rings is 2. The molecule has 3 rings (SSSR count). The second-order valence-corrected chi connectivity index (χ2v) is 7.77. The number of non-ortho nitro benzene ring substituents is 1. The molecule has 1 heterocycles. The molecule has 2 aromatic rings. The van der Waals surface area contributed by atoms with Crippen LogP contribution < -0.4 is 10.3 Å². The first-order valence-electron chi connectivity index (χ1n) is 9.26. The molecule has 0 spiro atoms. The number of hydrogen-bond acceptors (Lipinski definition) is 5. The molecule has 7 nitrogen and oxygen atoms in total. The van der Waals surface area contributed by atoms with Gasteiger partial charge in [0.1, 0.15) is 0 Å². The average molecular weight is 392 g/mol. The van der Waals surface area contributed by atoms with E-state index in [-0.39, 0.29) is 11.2 Å². The van der Waals surface area contributed by atoms with Gasteiger partial charge in [-0.2, -0.15) is 5.10 Å². The number of likely N-dealkylation sites (N-methyl/N-ethyl adjacent to an activating group) is 1. The summed E-state index contributed by atoms with van der Waals surface area (Å²) in [5.74, 6) is -0.427. The fraction of sp³-hybridized carbons (Fsp3) is 0.273. The first-order chi connectivity index (χ1) is 13.6. The van der Waals surface area contributed by atoms with Gasteiger partial charge in [-0.05, 0) is 68.7 Å². The minimum atomic E-state index is -0.506. The summed E-state index contributed by atoms with van der Waals surface area (Å²) in [5.41, 5.74) is 8.12. The number of carbonyl (C=O) groups is 1. The van der Waals surface area contributed by atoms with Gasteiger partial charge in [0, 0.05) is 36.0 Å². The highest BCUT2D eigenvalue weighted by molar-refractivity contribution is 5.95. The van der Waals surface area contributed by atoms with E-state index in [1.54, 1.807) is 6.21 Å². The maximum atomic E-state index is 12.2. The molecule has 1 N–H and O–H groups in total.